The van der Waals surface area contributed by atoms with Crippen LogP contribution in [0.4, 0.5) is 0 Å². The molecule has 3 heteroatoms. The fraction of sp³-hybridized carbons (Fsp3) is 0.0769. The maximum atomic E-state index is 10.0. The number of hydrogen-bond donors (Lipinski definition) is 1. The van der Waals surface area contributed by atoms with Crippen molar-refractivity contribution in [2.75, 3.05) is 0 Å². The Morgan fingerprint density at radius 3 is 1.44 bits per heavy atom. The zero-order chi connectivity index (χ0) is 11.2. The van der Waals surface area contributed by atoms with Crippen LogP contribution in [-0.2, 0) is 0 Å². The van der Waals surface area contributed by atoms with Crippen molar-refractivity contribution < 1.29 is 5.11 Å². The molecule has 16 heavy (non-hydrogen) atoms. The van der Waals surface area contributed by atoms with Crippen molar-refractivity contribution in [3.8, 4) is 0 Å². The van der Waals surface area contributed by atoms with E-state index in [-0.39, 0.29) is 33.8 Å². The summed E-state index contributed by atoms with van der Waals surface area (Å²) in [5, 5.41) is 10.0. The Kier molecular flexibility index (Phi) is 4.65. The zero-order valence-electron chi connectivity index (χ0n) is 8.61. The molecular formula is C13H12OSe2. The van der Waals surface area contributed by atoms with Crippen LogP contribution in [0.1, 0.15) is 0 Å². The van der Waals surface area contributed by atoms with Gasteiger partial charge in [0.1, 0.15) is 0 Å². The van der Waals surface area contributed by atoms with E-state index >= 15 is 0 Å². The quantitative estimate of drug-likeness (QED) is 0.794. The van der Waals surface area contributed by atoms with E-state index in [2.05, 4.69) is 24.3 Å². The van der Waals surface area contributed by atoms with E-state index in [1.54, 1.807) is 0 Å². The zero-order valence-corrected chi connectivity index (χ0v) is 12.0. The van der Waals surface area contributed by atoms with Crippen LogP contribution in [-0.4, -0.2) is 38.9 Å². The van der Waals surface area contributed by atoms with Gasteiger partial charge in [-0.1, -0.05) is 0 Å². The first-order valence-electron chi connectivity index (χ1n) is 4.96. The number of aliphatic hydroxyl groups is 1. The van der Waals surface area contributed by atoms with Crippen molar-refractivity contribution in [1.82, 2.24) is 0 Å². The van der Waals surface area contributed by atoms with Gasteiger partial charge in [0, 0.05) is 0 Å². The summed E-state index contributed by atoms with van der Waals surface area (Å²) in [6.07, 6.45) is 0. The van der Waals surface area contributed by atoms with Gasteiger partial charge in [0.15, 0.2) is 0 Å². The van der Waals surface area contributed by atoms with Gasteiger partial charge >= 0.3 is 109 Å². The average Bonchev–Trinajstić information content (AvgIpc) is 2.31. The molecule has 0 heterocycles. The third kappa shape index (κ3) is 3.78. The molecule has 0 aliphatic carbocycles. The Morgan fingerprint density at radius 2 is 1.06 bits per heavy atom. The molecule has 2 aromatic rings. The molecule has 0 amide bonds. The molecule has 82 valence electrons. The molecule has 1 N–H and O–H groups in total. The van der Waals surface area contributed by atoms with Gasteiger partial charge in [0.2, 0.25) is 0 Å². The summed E-state index contributed by atoms with van der Waals surface area (Å²) in [7, 11) is 0. The van der Waals surface area contributed by atoms with Gasteiger partial charge in [0.05, 0.1) is 0 Å². The number of hydrogen-bond acceptors (Lipinski definition) is 1. The summed E-state index contributed by atoms with van der Waals surface area (Å²) in [5.74, 6) is 0. The maximum absolute atomic E-state index is 10.0. The second kappa shape index (κ2) is 6.24. The Balaban J connectivity index is 1.92. The minimum atomic E-state index is -0.176. The summed E-state index contributed by atoms with van der Waals surface area (Å²) in [6.45, 7) is 0. The number of rotatable bonds is 4. The van der Waals surface area contributed by atoms with Crippen molar-refractivity contribution in [3.63, 3.8) is 0 Å². The van der Waals surface area contributed by atoms with Gasteiger partial charge in [-0.05, 0) is 0 Å². The van der Waals surface area contributed by atoms with Gasteiger partial charge in [0.25, 0.3) is 0 Å². The van der Waals surface area contributed by atoms with Crippen LogP contribution in [0, 0.1) is 0 Å². The van der Waals surface area contributed by atoms with E-state index in [1.807, 2.05) is 36.4 Å². The van der Waals surface area contributed by atoms with Crippen molar-refractivity contribution >= 4 is 38.8 Å². The molecule has 0 saturated carbocycles. The molecule has 0 radical (unpaired) electrons. The summed E-state index contributed by atoms with van der Waals surface area (Å²) >= 11 is 0.328. The molecule has 0 bridgehead atoms. The van der Waals surface area contributed by atoms with Crippen LogP contribution in [0.15, 0.2) is 60.7 Å². The summed E-state index contributed by atoms with van der Waals surface area (Å²) in [4.78, 5) is 0. The Labute approximate surface area is 108 Å². The summed E-state index contributed by atoms with van der Waals surface area (Å²) < 4.78 is 2.35. The minimum absolute atomic E-state index is 0.164. The van der Waals surface area contributed by atoms with E-state index < -0.39 is 0 Å². The van der Waals surface area contributed by atoms with Crippen LogP contribution in [0.3, 0.4) is 0 Å². The van der Waals surface area contributed by atoms with E-state index in [9.17, 15) is 5.11 Å². The Bertz CT molecular complexity index is 375. The van der Waals surface area contributed by atoms with E-state index in [0.29, 0.717) is 0 Å². The molecule has 0 atom stereocenters. The molecule has 0 aliphatic rings. The van der Waals surface area contributed by atoms with Gasteiger partial charge in [-0.3, -0.25) is 0 Å². The fourth-order valence-electron chi connectivity index (χ4n) is 1.26. The van der Waals surface area contributed by atoms with Crippen LogP contribution in [0.5, 0.6) is 0 Å². The Hall–Kier alpha value is -0.561. The van der Waals surface area contributed by atoms with Crippen LogP contribution in [0.25, 0.3) is 0 Å². The fourth-order valence-corrected chi connectivity index (χ4v) is 6.60. The van der Waals surface area contributed by atoms with Gasteiger partial charge in [-0.25, -0.2) is 0 Å². The van der Waals surface area contributed by atoms with Gasteiger partial charge < -0.3 is 0 Å². The van der Waals surface area contributed by atoms with Crippen molar-refractivity contribution in [2.24, 2.45) is 0 Å². The van der Waals surface area contributed by atoms with Crippen molar-refractivity contribution in [2.45, 2.75) is 3.90 Å². The van der Waals surface area contributed by atoms with Crippen molar-refractivity contribution in [1.29, 1.82) is 0 Å². The number of benzene rings is 2. The molecule has 0 aromatic heterocycles. The second-order valence-corrected chi connectivity index (χ2v) is 9.52. The first kappa shape index (κ1) is 11.9. The van der Waals surface area contributed by atoms with Crippen LogP contribution < -0.4 is 8.92 Å². The first-order valence-corrected chi connectivity index (χ1v) is 8.65. The van der Waals surface area contributed by atoms with Crippen LogP contribution in [0.2, 0.25) is 0 Å². The molecular weight excluding hydrogens is 330 g/mol. The summed E-state index contributed by atoms with van der Waals surface area (Å²) in [6, 6.07) is 20.5. The first-order chi connectivity index (χ1) is 7.84. The second-order valence-electron chi connectivity index (χ2n) is 3.17. The molecule has 2 rings (SSSR count). The SMILES string of the molecule is OC([Se]c1ccccc1)[Se]c1ccccc1. The molecule has 0 aliphatic heterocycles. The van der Waals surface area contributed by atoms with Crippen molar-refractivity contribution in [3.05, 3.63) is 60.7 Å². The predicted octanol–water partition coefficient (Wildman–Crippen LogP) is 0.322. The van der Waals surface area contributed by atoms with E-state index in [0.717, 1.165) is 0 Å². The molecule has 0 spiro atoms. The molecule has 1 nitrogen and oxygen atoms in total. The molecule has 0 unspecified atom stereocenters. The van der Waals surface area contributed by atoms with Gasteiger partial charge in [-0.2, -0.15) is 0 Å². The normalized spacial score (nSPS) is 10.6. The Morgan fingerprint density at radius 1 is 0.688 bits per heavy atom. The average molecular weight is 342 g/mol. The monoisotopic (exact) mass is 344 g/mol. The van der Waals surface area contributed by atoms with Gasteiger partial charge in [-0.15, -0.1) is 0 Å². The molecule has 0 fully saturated rings. The molecule has 0 saturated heterocycles. The third-order valence-electron chi connectivity index (χ3n) is 1.96. The van der Waals surface area contributed by atoms with E-state index in [4.69, 9.17) is 0 Å². The standard InChI is InChI=1S/C13H12OSe2/c14-13(15-11-7-3-1-4-8-11)16-12-9-5-2-6-10-12/h1-10,13-14H. The van der Waals surface area contributed by atoms with Crippen LogP contribution >= 0.6 is 0 Å². The van der Waals surface area contributed by atoms with E-state index in [1.165, 1.54) is 8.92 Å². The third-order valence-corrected chi connectivity index (χ3v) is 7.19. The topological polar surface area (TPSA) is 20.2 Å². The summed E-state index contributed by atoms with van der Waals surface area (Å²) in [5.41, 5.74) is 0. The predicted molar refractivity (Wildman–Crippen MR) is 69.7 cm³/mol. The number of aliphatic hydroxyl groups excluding tert-OH is 1. The molecule has 2 aromatic carbocycles.